The predicted molar refractivity (Wildman–Crippen MR) is 98.3 cm³/mol. The maximum absolute atomic E-state index is 12.5. The van der Waals surface area contributed by atoms with Crippen molar-refractivity contribution >= 4 is 21.7 Å². The number of allylic oxidation sites excluding steroid dienone is 1. The number of aliphatic hydroxyl groups excluding tert-OH is 1. The Hall–Kier alpha value is -1.20. The maximum atomic E-state index is 12.5. The number of ketones is 1. The van der Waals surface area contributed by atoms with Crippen LogP contribution in [-0.2, 0) is 11.2 Å². The highest BCUT2D eigenvalue weighted by Gasteiger charge is 2.50. The lowest BCUT2D eigenvalue weighted by atomic mass is 9.60. The van der Waals surface area contributed by atoms with Gasteiger partial charge in [0.2, 0.25) is 5.88 Å². The third-order valence-electron chi connectivity index (χ3n) is 6.32. The summed E-state index contributed by atoms with van der Waals surface area (Å²) in [7, 11) is 1.62. The number of rotatable bonds is 3. The number of carbonyl (C=O) groups is 1. The Morgan fingerprint density at radius 1 is 1.28 bits per heavy atom. The molecule has 25 heavy (non-hydrogen) atoms. The first-order valence-corrected chi connectivity index (χ1v) is 9.98. The van der Waals surface area contributed by atoms with Gasteiger partial charge in [-0.15, -0.1) is 0 Å². The van der Waals surface area contributed by atoms with E-state index < -0.39 is 6.10 Å². The van der Waals surface area contributed by atoms with Crippen LogP contribution in [0.15, 0.2) is 28.3 Å². The van der Waals surface area contributed by atoms with Crippen molar-refractivity contribution in [1.82, 2.24) is 4.98 Å². The maximum Gasteiger partial charge on any atom is 0.213 e. The minimum Gasteiger partial charge on any atom is -0.481 e. The first-order chi connectivity index (χ1) is 12.1. The van der Waals surface area contributed by atoms with Crippen molar-refractivity contribution in [2.24, 2.45) is 23.7 Å². The zero-order valence-electron chi connectivity index (χ0n) is 14.5. The number of aromatic nitrogens is 1. The molecule has 0 bridgehead atoms. The number of aliphatic hydroxyl groups is 1. The molecule has 0 radical (unpaired) electrons. The number of nitrogens with zero attached hydrogens (tertiary/aromatic N) is 1. The molecule has 0 spiro atoms. The summed E-state index contributed by atoms with van der Waals surface area (Å²) in [4.78, 5) is 17.1. The summed E-state index contributed by atoms with van der Waals surface area (Å²) in [5.74, 6) is 1.95. The fourth-order valence-electron chi connectivity index (χ4n) is 5.23. The van der Waals surface area contributed by atoms with Gasteiger partial charge in [-0.25, -0.2) is 4.98 Å². The Bertz CT molecular complexity index is 717. The summed E-state index contributed by atoms with van der Waals surface area (Å²) >= 11 is 3.59. The van der Waals surface area contributed by atoms with Crippen LogP contribution in [-0.4, -0.2) is 29.1 Å². The molecule has 2 fully saturated rings. The van der Waals surface area contributed by atoms with Crippen LogP contribution in [0.2, 0.25) is 0 Å². The standard InChI is InChI=1S/C20H24BrNO3/c1-25-19-7-6-15(21)16(22-19)8-11-9-17(23)14-10-18(24)12-4-2-3-5-13(12)20(11)14/h6-7,9,12-14,17,20,23H,2-5,8,10H2,1H3/t12-,13-,14-,17-,20+/m1/s1. The number of ether oxygens (including phenoxy) is 1. The van der Waals surface area contributed by atoms with Crippen LogP contribution in [0.25, 0.3) is 0 Å². The van der Waals surface area contributed by atoms with Crippen molar-refractivity contribution in [1.29, 1.82) is 0 Å². The molecule has 1 heterocycles. The van der Waals surface area contributed by atoms with E-state index in [1.54, 1.807) is 7.11 Å². The lowest BCUT2D eigenvalue weighted by molar-refractivity contribution is -0.133. The number of methoxy groups -OCH3 is 1. The normalized spacial score (nSPS) is 34.3. The summed E-state index contributed by atoms with van der Waals surface area (Å²) in [5, 5.41) is 10.6. The quantitative estimate of drug-likeness (QED) is 0.778. The smallest absolute Gasteiger partial charge is 0.213 e. The fraction of sp³-hybridized carbons (Fsp3) is 0.600. The Kier molecular flexibility index (Phi) is 4.71. The van der Waals surface area contributed by atoms with E-state index in [0.29, 0.717) is 36.3 Å². The number of carbonyl (C=O) groups excluding carboxylic acids is 1. The molecular weight excluding hydrogens is 382 g/mol. The molecule has 5 atom stereocenters. The molecule has 1 N–H and O–H groups in total. The first-order valence-electron chi connectivity index (χ1n) is 9.19. The van der Waals surface area contributed by atoms with Crippen molar-refractivity contribution in [3.8, 4) is 5.88 Å². The molecule has 0 saturated heterocycles. The molecular formula is C20H24BrNO3. The van der Waals surface area contributed by atoms with E-state index in [1.165, 1.54) is 12.0 Å². The second-order valence-electron chi connectivity index (χ2n) is 7.61. The number of hydrogen-bond acceptors (Lipinski definition) is 4. The molecule has 1 aromatic heterocycles. The largest absolute Gasteiger partial charge is 0.481 e. The molecule has 0 aliphatic heterocycles. The third-order valence-corrected chi connectivity index (χ3v) is 7.04. The van der Waals surface area contributed by atoms with Gasteiger partial charge in [0.05, 0.1) is 18.9 Å². The van der Waals surface area contributed by atoms with Crippen LogP contribution >= 0.6 is 15.9 Å². The van der Waals surface area contributed by atoms with Crippen LogP contribution in [0.4, 0.5) is 0 Å². The van der Waals surface area contributed by atoms with Gasteiger partial charge >= 0.3 is 0 Å². The average molecular weight is 406 g/mol. The van der Waals surface area contributed by atoms with Gasteiger partial charge in [-0.2, -0.15) is 0 Å². The Balaban J connectivity index is 1.64. The molecule has 0 amide bonds. The summed E-state index contributed by atoms with van der Waals surface area (Å²) in [6, 6.07) is 3.79. The molecule has 4 nitrogen and oxygen atoms in total. The van der Waals surface area contributed by atoms with E-state index in [2.05, 4.69) is 20.9 Å². The highest BCUT2D eigenvalue weighted by Crippen LogP contribution is 2.52. The van der Waals surface area contributed by atoms with Gasteiger partial charge in [0, 0.05) is 35.2 Å². The molecule has 134 valence electrons. The first kappa shape index (κ1) is 17.2. The van der Waals surface area contributed by atoms with Gasteiger partial charge in [0.15, 0.2) is 0 Å². The topological polar surface area (TPSA) is 59.4 Å². The summed E-state index contributed by atoms with van der Waals surface area (Å²) in [5.41, 5.74) is 2.19. The molecule has 2 saturated carbocycles. The van der Waals surface area contributed by atoms with Gasteiger partial charge in [-0.3, -0.25) is 4.79 Å². The Morgan fingerprint density at radius 3 is 2.88 bits per heavy atom. The second-order valence-corrected chi connectivity index (χ2v) is 8.46. The number of fused-ring (bicyclic) bond motifs is 3. The fourth-order valence-corrected chi connectivity index (χ4v) is 5.59. The zero-order chi connectivity index (χ0) is 17.6. The van der Waals surface area contributed by atoms with E-state index in [-0.39, 0.29) is 11.8 Å². The lowest BCUT2D eigenvalue weighted by Gasteiger charge is -2.44. The van der Waals surface area contributed by atoms with E-state index in [4.69, 9.17) is 4.74 Å². The Labute approximate surface area is 156 Å². The predicted octanol–water partition coefficient (Wildman–Crippen LogP) is 3.71. The minimum atomic E-state index is -0.504. The molecule has 4 rings (SSSR count). The lowest BCUT2D eigenvalue weighted by Crippen LogP contribution is -2.43. The van der Waals surface area contributed by atoms with Crippen molar-refractivity contribution < 1.29 is 14.6 Å². The summed E-state index contributed by atoms with van der Waals surface area (Å²) in [6.45, 7) is 0. The van der Waals surface area contributed by atoms with Crippen molar-refractivity contribution in [2.75, 3.05) is 7.11 Å². The van der Waals surface area contributed by atoms with Gasteiger partial charge in [0.25, 0.3) is 0 Å². The number of pyridine rings is 1. The van der Waals surface area contributed by atoms with Crippen LogP contribution < -0.4 is 4.74 Å². The van der Waals surface area contributed by atoms with Crippen LogP contribution in [0.3, 0.4) is 0 Å². The van der Waals surface area contributed by atoms with Crippen molar-refractivity contribution in [2.45, 2.75) is 44.6 Å². The minimum absolute atomic E-state index is 0.0613. The summed E-state index contributed by atoms with van der Waals surface area (Å²) in [6.07, 6.45) is 7.21. The molecule has 1 aromatic rings. The van der Waals surface area contributed by atoms with Gasteiger partial charge in [-0.1, -0.05) is 24.5 Å². The van der Waals surface area contributed by atoms with Gasteiger partial charge < -0.3 is 9.84 Å². The number of Topliss-reactive ketones (excluding diaryl/α,β-unsaturated/α-hetero) is 1. The monoisotopic (exact) mass is 405 g/mol. The SMILES string of the molecule is COc1ccc(Br)c(CC2=C[C@@H](O)[C@H]3CC(=O)[C@@H]4CCCC[C@H]4[C@H]23)n1. The van der Waals surface area contributed by atoms with Crippen LogP contribution in [0.1, 0.15) is 37.8 Å². The zero-order valence-corrected chi connectivity index (χ0v) is 16.0. The Morgan fingerprint density at radius 2 is 2.08 bits per heavy atom. The van der Waals surface area contributed by atoms with Crippen molar-refractivity contribution in [3.05, 3.63) is 33.9 Å². The van der Waals surface area contributed by atoms with Crippen LogP contribution in [0, 0.1) is 23.7 Å². The van der Waals surface area contributed by atoms with Gasteiger partial charge in [0.1, 0.15) is 5.78 Å². The molecule has 0 aromatic carbocycles. The number of halogens is 1. The average Bonchev–Trinajstić information content (AvgIpc) is 2.93. The van der Waals surface area contributed by atoms with Gasteiger partial charge in [-0.05, 0) is 46.7 Å². The molecule has 5 heteroatoms. The van der Waals surface area contributed by atoms with E-state index in [0.717, 1.165) is 29.4 Å². The second kappa shape index (κ2) is 6.84. The third kappa shape index (κ3) is 3.06. The number of hydrogen-bond donors (Lipinski definition) is 1. The van der Waals surface area contributed by atoms with E-state index in [9.17, 15) is 9.90 Å². The van der Waals surface area contributed by atoms with Crippen molar-refractivity contribution in [3.63, 3.8) is 0 Å². The summed E-state index contributed by atoms with van der Waals surface area (Å²) < 4.78 is 6.21. The van der Waals surface area contributed by atoms with E-state index in [1.807, 2.05) is 18.2 Å². The highest BCUT2D eigenvalue weighted by atomic mass is 79.9. The molecule has 0 unspecified atom stereocenters. The van der Waals surface area contributed by atoms with Crippen LogP contribution in [0.5, 0.6) is 5.88 Å². The molecule has 3 aliphatic rings. The molecule has 3 aliphatic carbocycles. The highest BCUT2D eigenvalue weighted by molar-refractivity contribution is 9.10. The van der Waals surface area contributed by atoms with E-state index >= 15 is 0 Å².